The minimum Gasteiger partial charge on any atom is -0.612 e. The first kappa shape index (κ1) is 10.0. The van der Waals surface area contributed by atoms with Crippen molar-refractivity contribution < 1.29 is 9.35 Å². The maximum Gasteiger partial charge on any atom is 0.152 e. The fourth-order valence-electron chi connectivity index (χ4n) is 0.921. The molecule has 1 rings (SSSR count). The molecular weight excluding hydrogens is 184 g/mol. The van der Waals surface area contributed by atoms with Crippen molar-refractivity contribution in [2.75, 3.05) is 6.26 Å². The molecule has 0 aliphatic carbocycles. The van der Waals surface area contributed by atoms with Crippen LogP contribution >= 0.6 is 0 Å². The molecule has 0 aliphatic heterocycles. The Balaban J connectivity index is 2.81. The lowest BCUT2D eigenvalue weighted by molar-refractivity contribution is -0.104. The molecule has 0 aliphatic rings. The Bertz CT molecular complexity index is 301. The average Bonchev–Trinajstić information content (AvgIpc) is 2.15. The van der Waals surface area contributed by atoms with Crippen LogP contribution in [-0.2, 0) is 16.0 Å². The van der Waals surface area contributed by atoms with Crippen LogP contribution in [0, 0.1) is 0 Å². The van der Waals surface area contributed by atoms with E-state index in [2.05, 4.69) is 0 Å². The summed E-state index contributed by atoms with van der Waals surface area (Å²) in [7, 11) is 0. The molecule has 0 bridgehead atoms. The molecular formula is C10H10O2S. The normalized spacial score (nSPS) is 13.1. The van der Waals surface area contributed by atoms with Crippen LogP contribution in [0.5, 0.6) is 0 Å². The molecule has 68 valence electrons. The van der Waals surface area contributed by atoms with Crippen LogP contribution in [0.25, 0.3) is 6.08 Å². The predicted molar refractivity (Wildman–Crippen MR) is 53.9 cm³/mol. The van der Waals surface area contributed by atoms with Gasteiger partial charge in [-0.3, -0.25) is 4.79 Å². The van der Waals surface area contributed by atoms with Gasteiger partial charge in [-0.25, -0.2) is 0 Å². The van der Waals surface area contributed by atoms with E-state index in [1.54, 1.807) is 24.5 Å². The molecule has 0 amide bonds. The highest BCUT2D eigenvalue weighted by atomic mass is 32.2. The summed E-state index contributed by atoms with van der Waals surface area (Å²) < 4.78 is 11.0. The Morgan fingerprint density at radius 3 is 2.38 bits per heavy atom. The first-order valence-electron chi connectivity index (χ1n) is 3.79. The highest BCUT2D eigenvalue weighted by Gasteiger charge is 2.01. The number of carbonyl (C=O) groups excluding carboxylic acids is 1. The van der Waals surface area contributed by atoms with E-state index in [1.165, 1.54) is 6.08 Å². The van der Waals surface area contributed by atoms with Crippen LogP contribution in [0.15, 0.2) is 35.2 Å². The van der Waals surface area contributed by atoms with Gasteiger partial charge in [-0.15, -0.1) is 0 Å². The number of benzene rings is 1. The van der Waals surface area contributed by atoms with Crippen LogP contribution in [0.4, 0.5) is 0 Å². The molecule has 0 spiro atoms. The lowest BCUT2D eigenvalue weighted by atomic mass is 10.2. The molecule has 0 saturated carbocycles. The van der Waals surface area contributed by atoms with Crippen molar-refractivity contribution in [1.29, 1.82) is 0 Å². The van der Waals surface area contributed by atoms with Crippen molar-refractivity contribution in [3.05, 3.63) is 35.9 Å². The van der Waals surface area contributed by atoms with Gasteiger partial charge < -0.3 is 4.55 Å². The summed E-state index contributed by atoms with van der Waals surface area (Å²) in [5.41, 5.74) is 0.932. The standard InChI is InChI=1S/C10H10O2S/c1-13(12)10-6-4-9(5-7-10)3-2-8-11/h2-8H,1H3. The van der Waals surface area contributed by atoms with E-state index in [-0.39, 0.29) is 0 Å². The van der Waals surface area contributed by atoms with Gasteiger partial charge in [0, 0.05) is 0 Å². The quantitative estimate of drug-likeness (QED) is 0.417. The second-order valence-electron chi connectivity index (χ2n) is 2.52. The Morgan fingerprint density at radius 2 is 1.92 bits per heavy atom. The van der Waals surface area contributed by atoms with E-state index >= 15 is 0 Å². The van der Waals surface area contributed by atoms with Crippen LogP contribution in [0.1, 0.15) is 5.56 Å². The van der Waals surface area contributed by atoms with Crippen LogP contribution in [-0.4, -0.2) is 17.1 Å². The lowest BCUT2D eigenvalue weighted by Gasteiger charge is -2.03. The maximum absolute atomic E-state index is 11.0. The van der Waals surface area contributed by atoms with Crippen molar-refractivity contribution in [3.63, 3.8) is 0 Å². The molecule has 2 nitrogen and oxygen atoms in total. The third kappa shape index (κ3) is 3.05. The summed E-state index contributed by atoms with van der Waals surface area (Å²) in [6.07, 6.45) is 5.50. The van der Waals surface area contributed by atoms with Crippen LogP contribution < -0.4 is 0 Å². The van der Waals surface area contributed by atoms with Gasteiger partial charge in [0.1, 0.15) is 12.5 Å². The number of carbonyl (C=O) groups is 1. The molecule has 0 radical (unpaired) electrons. The van der Waals surface area contributed by atoms with E-state index in [0.29, 0.717) is 0 Å². The smallest absolute Gasteiger partial charge is 0.152 e. The Kier molecular flexibility index (Phi) is 3.73. The number of hydrogen-bond donors (Lipinski definition) is 0. The molecule has 0 heterocycles. The number of allylic oxidation sites excluding steroid dienone is 1. The topological polar surface area (TPSA) is 40.1 Å². The first-order valence-corrected chi connectivity index (χ1v) is 5.35. The van der Waals surface area contributed by atoms with E-state index in [4.69, 9.17) is 0 Å². The van der Waals surface area contributed by atoms with E-state index < -0.39 is 11.2 Å². The monoisotopic (exact) mass is 194 g/mol. The number of aldehydes is 1. The van der Waals surface area contributed by atoms with Crippen molar-refractivity contribution in [3.8, 4) is 0 Å². The second kappa shape index (κ2) is 4.84. The summed E-state index contributed by atoms with van der Waals surface area (Å²) in [6, 6.07) is 7.24. The lowest BCUT2D eigenvalue weighted by Crippen LogP contribution is -1.96. The fourth-order valence-corrected chi connectivity index (χ4v) is 1.44. The Hall–Kier alpha value is -1.06. The van der Waals surface area contributed by atoms with E-state index in [0.717, 1.165) is 16.7 Å². The maximum atomic E-state index is 11.0. The van der Waals surface area contributed by atoms with E-state index in [1.807, 2.05) is 12.1 Å². The molecule has 0 N–H and O–H groups in total. The van der Waals surface area contributed by atoms with Crippen molar-refractivity contribution in [1.82, 2.24) is 0 Å². The largest absolute Gasteiger partial charge is 0.612 e. The Morgan fingerprint density at radius 1 is 1.31 bits per heavy atom. The van der Waals surface area contributed by atoms with Gasteiger partial charge in [0.05, 0.1) is 0 Å². The minimum atomic E-state index is -0.937. The molecule has 0 aromatic heterocycles. The summed E-state index contributed by atoms with van der Waals surface area (Å²) in [4.78, 5) is 10.8. The number of hydrogen-bond acceptors (Lipinski definition) is 2. The molecule has 13 heavy (non-hydrogen) atoms. The Labute approximate surface area is 80.5 Å². The van der Waals surface area contributed by atoms with Crippen molar-refractivity contribution >= 4 is 23.5 Å². The predicted octanol–water partition coefficient (Wildman–Crippen LogP) is 1.64. The van der Waals surface area contributed by atoms with Crippen LogP contribution in [0.3, 0.4) is 0 Å². The summed E-state index contributed by atoms with van der Waals surface area (Å²) >= 11 is -0.937. The van der Waals surface area contributed by atoms with Gasteiger partial charge in [-0.2, -0.15) is 0 Å². The van der Waals surface area contributed by atoms with Gasteiger partial charge in [-0.05, 0) is 47.1 Å². The van der Waals surface area contributed by atoms with Gasteiger partial charge in [-0.1, -0.05) is 6.08 Å². The summed E-state index contributed by atoms with van der Waals surface area (Å²) in [5.74, 6) is 0. The zero-order chi connectivity index (χ0) is 9.68. The fraction of sp³-hybridized carbons (Fsp3) is 0.100. The minimum absolute atomic E-state index is 0.728. The average molecular weight is 194 g/mol. The second-order valence-corrected chi connectivity index (χ2v) is 3.90. The molecule has 1 unspecified atom stereocenters. The number of rotatable bonds is 3. The van der Waals surface area contributed by atoms with E-state index in [9.17, 15) is 9.35 Å². The van der Waals surface area contributed by atoms with Crippen molar-refractivity contribution in [2.24, 2.45) is 0 Å². The van der Waals surface area contributed by atoms with Gasteiger partial charge in [0.25, 0.3) is 0 Å². The zero-order valence-corrected chi connectivity index (χ0v) is 8.08. The SMILES string of the molecule is C[S+]([O-])c1ccc(C=CC=O)cc1. The highest BCUT2D eigenvalue weighted by Crippen LogP contribution is 2.10. The van der Waals surface area contributed by atoms with Gasteiger partial charge in [0.2, 0.25) is 0 Å². The van der Waals surface area contributed by atoms with Crippen LogP contribution in [0.2, 0.25) is 0 Å². The highest BCUT2D eigenvalue weighted by molar-refractivity contribution is 7.90. The van der Waals surface area contributed by atoms with Gasteiger partial charge in [0.15, 0.2) is 4.90 Å². The summed E-state index contributed by atoms with van der Waals surface area (Å²) in [5, 5.41) is 0. The molecule has 1 aromatic rings. The molecule has 0 saturated heterocycles. The van der Waals surface area contributed by atoms with Gasteiger partial charge >= 0.3 is 0 Å². The first-order chi connectivity index (χ1) is 6.24. The summed E-state index contributed by atoms with van der Waals surface area (Å²) in [6.45, 7) is 0. The van der Waals surface area contributed by atoms with Crippen molar-refractivity contribution in [2.45, 2.75) is 4.90 Å². The third-order valence-electron chi connectivity index (χ3n) is 1.58. The third-order valence-corrected chi connectivity index (χ3v) is 2.52. The molecule has 1 aromatic carbocycles. The molecule has 0 fully saturated rings. The zero-order valence-electron chi connectivity index (χ0n) is 7.27. The molecule has 1 atom stereocenters. The molecule has 3 heteroatoms.